The minimum absolute atomic E-state index is 0.0915. The second-order valence-corrected chi connectivity index (χ2v) is 4.93. The fraction of sp³-hybridized carbons (Fsp3) is 0.462. The normalized spacial score (nSPS) is 17.9. The average molecular weight is 270 g/mol. The van der Waals surface area contributed by atoms with E-state index in [9.17, 15) is 18.7 Å². The highest BCUT2D eigenvalue weighted by atomic mass is 19.1. The van der Waals surface area contributed by atoms with Crippen molar-refractivity contribution in [3.63, 3.8) is 0 Å². The van der Waals surface area contributed by atoms with E-state index in [1.165, 1.54) is 0 Å². The summed E-state index contributed by atoms with van der Waals surface area (Å²) in [5.74, 6) is -1.83. The minimum Gasteiger partial charge on any atom is -0.387 e. The first kappa shape index (κ1) is 13.9. The Morgan fingerprint density at radius 2 is 1.95 bits per heavy atom. The first-order valence-corrected chi connectivity index (χ1v) is 6.11. The van der Waals surface area contributed by atoms with Crippen LogP contribution in [0.25, 0.3) is 0 Å². The summed E-state index contributed by atoms with van der Waals surface area (Å²) in [5, 5.41) is 12.2. The quantitative estimate of drug-likeness (QED) is 0.868. The molecule has 6 heteroatoms. The van der Waals surface area contributed by atoms with Crippen LogP contribution >= 0.6 is 0 Å². The van der Waals surface area contributed by atoms with Crippen molar-refractivity contribution in [1.82, 2.24) is 4.90 Å². The van der Waals surface area contributed by atoms with Crippen LogP contribution < -0.4 is 5.32 Å². The average Bonchev–Trinajstić information content (AvgIpc) is 2.24. The number of rotatable bonds is 4. The number of nitrogens with zero attached hydrogens (tertiary/aromatic N) is 1. The van der Waals surface area contributed by atoms with Crippen molar-refractivity contribution in [3.8, 4) is 0 Å². The lowest BCUT2D eigenvalue weighted by Gasteiger charge is -2.45. The number of carbonyl (C=O) groups excluding carboxylic acids is 1. The molecular formula is C13H16F2N2O2. The van der Waals surface area contributed by atoms with Gasteiger partial charge in [0.2, 0.25) is 5.91 Å². The van der Waals surface area contributed by atoms with Crippen LogP contribution in [0.5, 0.6) is 0 Å². The number of anilines is 1. The van der Waals surface area contributed by atoms with Crippen molar-refractivity contribution in [2.75, 3.05) is 25.0 Å². The lowest BCUT2D eigenvalue weighted by atomic mass is 9.91. The molecule has 1 aliphatic heterocycles. The van der Waals surface area contributed by atoms with Crippen LogP contribution in [0.3, 0.4) is 0 Å². The molecule has 0 spiro atoms. The van der Waals surface area contributed by atoms with Crippen molar-refractivity contribution in [2.45, 2.75) is 18.9 Å². The number of halogens is 2. The fourth-order valence-corrected chi connectivity index (χ4v) is 2.15. The lowest BCUT2D eigenvalue weighted by Crippen LogP contribution is -2.62. The molecule has 0 bridgehead atoms. The van der Waals surface area contributed by atoms with Crippen LogP contribution in [0.1, 0.15) is 13.3 Å². The third-order valence-electron chi connectivity index (χ3n) is 3.21. The number of benzene rings is 1. The van der Waals surface area contributed by atoms with E-state index < -0.39 is 17.2 Å². The van der Waals surface area contributed by atoms with Crippen LogP contribution in [-0.2, 0) is 4.79 Å². The van der Waals surface area contributed by atoms with Gasteiger partial charge in [-0.25, -0.2) is 8.78 Å². The number of nitrogens with one attached hydrogen (secondary N) is 1. The molecule has 4 nitrogen and oxygen atoms in total. The smallest absolute Gasteiger partial charge is 0.238 e. The summed E-state index contributed by atoms with van der Waals surface area (Å²) in [4.78, 5) is 13.4. The van der Waals surface area contributed by atoms with Crippen LogP contribution in [0.4, 0.5) is 14.5 Å². The van der Waals surface area contributed by atoms with E-state index in [-0.39, 0.29) is 18.1 Å². The second-order valence-electron chi connectivity index (χ2n) is 4.93. The number of likely N-dealkylation sites (tertiary alicyclic amines) is 1. The molecule has 0 unspecified atom stereocenters. The SMILES string of the molecule is CCC1(O)CN(CC(=O)Nc2cc(F)cc(F)c2)C1. The van der Waals surface area contributed by atoms with Crippen LogP contribution in [0.15, 0.2) is 18.2 Å². The summed E-state index contributed by atoms with van der Waals surface area (Å²) in [5.41, 5.74) is -0.612. The Balaban J connectivity index is 1.85. The maximum atomic E-state index is 12.9. The van der Waals surface area contributed by atoms with Crippen LogP contribution in [-0.4, -0.2) is 41.1 Å². The number of amides is 1. The van der Waals surface area contributed by atoms with E-state index in [1.807, 2.05) is 6.92 Å². The Morgan fingerprint density at radius 3 is 2.47 bits per heavy atom. The molecule has 1 aliphatic rings. The van der Waals surface area contributed by atoms with Gasteiger partial charge in [-0.15, -0.1) is 0 Å². The van der Waals surface area contributed by atoms with Gasteiger partial charge in [-0.1, -0.05) is 6.92 Å². The van der Waals surface area contributed by atoms with Gasteiger partial charge in [-0.3, -0.25) is 9.69 Å². The van der Waals surface area contributed by atoms with Gasteiger partial charge >= 0.3 is 0 Å². The molecule has 1 amide bonds. The monoisotopic (exact) mass is 270 g/mol. The van der Waals surface area contributed by atoms with Crippen LogP contribution in [0.2, 0.25) is 0 Å². The summed E-state index contributed by atoms with van der Waals surface area (Å²) in [7, 11) is 0. The number of hydrogen-bond donors (Lipinski definition) is 2. The molecule has 2 rings (SSSR count). The third-order valence-corrected chi connectivity index (χ3v) is 3.21. The number of hydrogen-bond acceptors (Lipinski definition) is 3. The third kappa shape index (κ3) is 3.48. The van der Waals surface area contributed by atoms with E-state index >= 15 is 0 Å². The Labute approximate surface area is 110 Å². The molecule has 0 aromatic heterocycles. The van der Waals surface area contributed by atoms with Gasteiger partial charge in [0.1, 0.15) is 11.6 Å². The first-order valence-electron chi connectivity index (χ1n) is 6.11. The van der Waals surface area contributed by atoms with Gasteiger partial charge in [0.15, 0.2) is 0 Å². The molecule has 19 heavy (non-hydrogen) atoms. The molecule has 1 heterocycles. The Bertz CT molecular complexity index is 467. The highest BCUT2D eigenvalue weighted by molar-refractivity contribution is 5.92. The molecule has 104 valence electrons. The molecule has 1 aromatic rings. The Morgan fingerprint density at radius 1 is 1.37 bits per heavy atom. The molecule has 1 saturated heterocycles. The molecule has 1 fully saturated rings. The number of aliphatic hydroxyl groups is 1. The largest absolute Gasteiger partial charge is 0.387 e. The predicted molar refractivity (Wildman–Crippen MR) is 66.7 cm³/mol. The molecule has 0 atom stereocenters. The maximum absolute atomic E-state index is 12.9. The topological polar surface area (TPSA) is 52.6 Å². The van der Waals surface area contributed by atoms with Crippen molar-refractivity contribution in [1.29, 1.82) is 0 Å². The standard InChI is InChI=1S/C13H16F2N2O2/c1-2-13(19)7-17(8-13)6-12(18)16-11-4-9(14)3-10(15)5-11/h3-5,19H,2,6-8H2,1H3,(H,16,18). The Hall–Kier alpha value is -1.53. The fourth-order valence-electron chi connectivity index (χ4n) is 2.15. The van der Waals surface area contributed by atoms with E-state index in [4.69, 9.17) is 0 Å². The lowest BCUT2D eigenvalue weighted by molar-refractivity contribution is -0.128. The van der Waals surface area contributed by atoms with Crippen molar-refractivity contribution >= 4 is 11.6 Å². The van der Waals surface area contributed by atoms with Crippen molar-refractivity contribution in [2.24, 2.45) is 0 Å². The highest BCUT2D eigenvalue weighted by Gasteiger charge is 2.39. The molecule has 1 aromatic carbocycles. The number of carbonyl (C=O) groups is 1. The second kappa shape index (κ2) is 5.22. The van der Waals surface area contributed by atoms with E-state index in [0.717, 1.165) is 18.2 Å². The summed E-state index contributed by atoms with van der Waals surface area (Å²) >= 11 is 0. The van der Waals surface area contributed by atoms with E-state index in [2.05, 4.69) is 5.32 Å². The van der Waals surface area contributed by atoms with Crippen molar-refractivity contribution < 1.29 is 18.7 Å². The van der Waals surface area contributed by atoms with E-state index in [1.54, 1.807) is 4.90 Å². The Kier molecular flexibility index (Phi) is 3.82. The summed E-state index contributed by atoms with van der Waals surface area (Å²) < 4.78 is 25.9. The minimum atomic E-state index is -0.736. The molecule has 0 aliphatic carbocycles. The van der Waals surface area contributed by atoms with Gasteiger partial charge in [0.25, 0.3) is 0 Å². The summed E-state index contributed by atoms with van der Waals surface area (Å²) in [6.07, 6.45) is 0.639. The van der Waals surface area contributed by atoms with Crippen LogP contribution in [0, 0.1) is 11.6 Å². The van der Waals surface area contributed by atoms with Gasteiger partial charge in [0.05, 0.1) is 12.1 Å². The zero-order chi connectivity index (χ0) is 14.0. The summed E-state index contributed by atoms with van der Waals surface area (Å²) in [6.45, 7) is 2.86. The molecule has 0 radical (unpaired) electrons. The zero-order valence-corrected chi connectivity index (χ0v) is 10.6. The summed E-state index contributed by atoms with van der Waals surface area (Å²) in [6, 6.07) is 2.85. The predicted octanol–water partition coefficient (Wildman–Crippen LogP) is 1.36. The van der Waals surface area contributed by atoms with Gasteiger partial charge in [-0.05, 0) is 18.6 Å². The number of β-amino-alcohol motifs (C(OH)–C–C–N with tert-alkyl or cyclic N) is 1. The van der Waals surface area contributed by atoms with Gasteiger partial charge < -0.3 is 10.4 Å². The van der Waals surface area contributed by atoms with Crippen molar-refractivity contribution in [3.05, 3.63) is 29.8 Å². The van der Waals surface area contributed by atoms with E-state index in [0.29, 0.717) is 19.5 Å². The molecule has 0 saturated carbocycles. The maximum Gasteiger partial charge on any atom is 0.238 e. The van der Waals surface area contributed by atoms with Gasteiger partial charge in [0, 0.05) is 24.8 Å². The zero-order valence-electron chi connectivity index (χ0n) is 10.6. The molecular weight excluding hydrogens is 254 g/mol. The molecule has 2 N–H and O–H groups in total. The van der Waals surface area contributed by atoms with Gasteiger partial charge in [-0.2, -0.15) is 0 Å². The first-order chi connectivity index (χ1) is 8.90. The highest BCUT2D eigenvalue weighted by Crippen LogP contribution is 2.23.